The molecule has 0 aliphatic heterocycles. The third-order valence-electron chi connectivity index (χ3n) is 3.45. The molecule has 142 valence electrons. The molecule has 1 amide bonds. The van der Waals surface area contributed by atoms with Crippen molar-refractivity contribution in [2.45, 2.75) is 6.42 Å². The van der Waals surface area contributed by atoms with Gasteiger partial charge in [0.2, 0.25) is 15.9 Å². The van der Waals surface area contributed by atoms with Crippen LogP contribution < -0.4 is 19.1 Å². The van der Waals surface area contributed by atoms with Crippen LogP contribution in [0.1, 0.15) is 6.42 Å². The van der Waals surface area contributed by atoms with Crippen LogP contribution in [0.4, 0.5) is 5.69 Å². The molecule has 0 unspecified atom stereocenters. The van der Waals surface area contributed by atoms with Crippen molar-refractivity contribution in [2.24, 2.45) is 0 Å². The van der Waals surface area contributed by atoms with E-state index in [-0.39, 0.29) is 18.1 Å². The van der Waals surface area contributed by atoms with E-state index in [1.165, 1.54) is 20.3 Å². The molecule has 0 aromatic heterocycles. The van der Waals surface area contributed by atoms with E-state index in [2.05, 4.69) is 5.32 Å². The zero-order valence-corrected chi connectivity index (χ0v) is 16.2. The Labute approximate surface area is 149 Å². The van der Waals surface area contributed by atoms with Gasteiger partial charge in [0.05, 0.1) is 26.2 Å². The first-order valence-corrected chi connectivity index (χ1v) is 9.65. The summed E-state index contributed by atoms with van der Waals surface area (Å²) in [7, 11) is 3.13. The number of sulfonamides is 1. The van der Waals surface area contributed by atoms with E-state index in [1.807, 2.05) is 19.0 Å². The summed E-state index contributed by atoms with van der Waals surface area (Å²) in [5.41, 5.74) is 0.257. The molecule has 0 bridgehead atoms. The third-order valence-corrected chi connectivity index (χ3v) is 4.57. The molecule has 0 saturated heterocycles. The second-order valence-corrected chi connectivity index (χ2v) is 7.72. The highest BCUT2D eigenvalue weighted by Crippen LogP contribution is 2.33. The zero-order valence-electron chi connectivity index (χ0n) is 15.4. The van der Waals surface area contributed by atoms with Gasteiger partial charge in [0, 0.05) is 12.6 Å². The summed E-state index contributed by atoms with van der Waals surface area (Å²) in [5, 5.41) is 2.73. The Morgan fingerprint density at radius 2 is 1.88 bits per heavy atom. The van der Waals surface area contributed by atoms with Gasteiger partial charge in [-0.25, -0.2) is 8.42 Å². The number of benzene rings is 1. The van der Waals surface area contributed by atoms with Crippen LogP contribution in [0.2, 0.25) is 0 Å². The van der Waals surface area contributed by atoms with Gasteiger partial charge in [-0.05, 0) is 39.2 Å². The van der Waals surface area contributed by atoms with Crippen molar-refractivity contribution in [1.82, 2.24) is 10.2 Å². The Morgan fingerprint density at radius 1 is 1.20 bits per heavy atom. The molecule has 0 radical (unpaired) electrons. The van der Waals surface area contributed by atoms with Gasteiger partial charge >= 0.3 is 0 Å². The number of methoxy groups -OCH3 is 2. The summed E-state index contributed by atoms with van der Waals surface area (Å²) in [4.78, 5) is 14.2. The lowest BCUT2D eigenvalue weighted by Gasteiger charge is -2.24. The van der Waals surface area contributed by atoms with Crippen molar-refractivity contribution in [3.8, 4) is 11.5 Å². The number of anilines is 1. The number of ether oxygens (including phenoxy) is 2. The molecule has 8 nitrogen and oxygen atoms in total. The number of carbonyl (C=O) groups is 1. The minimum absolute atomic E-state index is 0.257. The molecule has 1 aromatic rings. The number of amides is 1. The number of hydrogen-bond acceptors (Lipinski definition) is 6. The van der Waals surface area contributed by atoms with E-state index in [0.29, 0.717) is 18.0 Å². The van der Waals surface area contributed by atoms with Crippen LogP contribution in [-0.4, -0.2) is 73.4 Å². The predicted octanol–water partition coefficient (Wildman–Crippen LogP) is 0.538. The smallest absolute Gasteiger partial charge is 0.240 e. The highest BCUT2D eigenvalue weighted by atomic mass is 32.2. The van der Waals surface area contributed by atoms with E-state index >= 15 is 0 Å². The van der Waals surface area contributed by atoms with Crippen molar-refractivity contribution >= 4 is 21.6 Å². The van der Waals surface area contributed by atoms with Gasteiger partial charge in [0.15, 0.2) is 0 Å². The Kier molecular flexibility index (Phi) is 7.98. The normalized spacial score (nSPS) is 11.3. The Hall–Kier alpha value is -2.00. The summed E-state index contributed by atoms with van der Waals surface area (Å²) in [6, 6.07) is 4.78. The molecule has 0 spiro atoms. The molecule has 9 heteroatoms. The highest BCUT2D eigenvalue weighted by Gasteiger charge is 2.24. The molecule has 0 aliphatic rings. The topological polar surface area (TPSA) is 88.2 Å². The van der Waals surface area contributed by atoms with Crippen LogP contribution in [0.25, 0.3) is 0 Å². The standard InChI is InChI=1S/C16H27N3O5S/c1-18(2)10-6-9-17-16(20)12-19(25(5,21)22)14-11-13(23-3)7-8-15(14)24-4/h7-8,11H,6,9-10,12H2,1-5H3,(H,17,20). The van der Waals surface area contributed by atoms with Gasteiger partial charge in [0.1, 0.15) is 18.0 Å². The van der Waals surface area contributed by atoms with Gasteiger partial charge in [-0.3, -0.25) is 9.10 Å². The maximum atomic E-state index is 12.2. The van der Waals surface area contributed by atoms with E-state index in [4.69, 9.17) is 9.47 Å². The minimum atomic E-state index is -3.69. The van der Waals surface area contributed by atoms with Gasteiger partial charge in [-0.15, -0.1) is 0 Å². The lowest BCUT2D eigenvalue weighted by atomic mass is 10.2. The summed E-state index contributed by atoms with van der Waals surface area (Å²) in [6.07, 6.45) is 1.82. The minimum Gasteiger partial charge on any atom is -0.497 e. The first-order valence-electron chi connectivity index (χ1n) is 7.80. The Bertz CT molecular complexity index is 676. The second kappa shape index (κ2) is 9.47. The molecule has 0 saturated carbocycles. The average molecular weight is 373 g/mol. The highest BCUT2D eigenvalue weighted by molar-refractivity contribution is 7.92. The Balaban J connectivity index is 2.94. The molecular weight excluding hydrogens is 346 g/mol. The number of rotatable bonds is 10. The van der Waals surface area contributed by atoms with E-state index in [9.17, 15) is 13.2 Å². The average Bonchev–Trinajstić information content (AvgIpc) is 2.54. The zero-order chi connectivity index (χ0) is 19.0. The summed E-state index contributed by atoms with van der Waals surface area (Å²) >= 11 is 0. The molecule has 0 heterocycles. The molecular formula is C16H27N3O5S. The molecule has 0 aliphatic carbocycles. The fourth-order valence-electron chi connectivity index (χ4n) is 2.18. The first kappa shape index (κ1) is 21.0. The molecule has 1 rings (SSSR count). The maximum Gasteiger partial charge on any atom is 0.240 e. The van der Waals surface area contributed by atoms with Gasteiger partial charge in [0.25, 0.3) is 0 Å². The molecule has 0 fully saturated rings. The summed E-state index contributed by atoms with van der Waals surface area (Å²) in [5.74, 6) is 0.427. The van der Waals surface area contributed by atoms with Crippen molar-refractivity contribution in [2.75, 3.05) is 58.5 Å². The van der Waals surface area contributed by atoms with Crippen LogP contribution in [0, 0.1) is 0 Å². The fraction of sp³-hybridized carbons (Fsp3) is 0.562. The van der Waals surface area contributed by atoms with Crippen LogP contribution in [0.15, 0.2) is 18.2 Å². The molecule has 0 atom stereocenters. The van der Waals surface area contributed by atoms with Gasteiger partial charge < -0.3 is 19.7 Å². The number of carbonyl (C=O) groups excluding carboxylic acids is 1. The maximum absolute atomic E-state index is 12.2. The van der Waals surface area contributed by atoms with Crippen LogP contribution in [0.3, 0.4) is 0 Å². The molecule has 25 heavy (non-hydrogen) atoms. The number of hydrogen-bond donors (Lipinski definition) is 1. The van der Waals surface area contributed by atoms with Gasteiger partial charge in [-0.1, -0.05) is 0 Å². The molecule has 1 N–H and O–H groups in total. The number of nitrogens with one attached hydrogen (secondary N) is 1. The van der Waals surface area contributed by atoms with Crippen LogP contribution in [0.5, 0.6) is 11.5 Å². The van der Waals surface area contributed by atoms with Crippen LogP contribution in [-0.2, 0) is 14.8 Å². The monoisotopic (exact) mass is 373 g/mol. The van der Waals surface area contributed by atoms with Crippen molar-refractivity contribution < 1.29 is 22.7 Å². The SMILES string of the molecule is COc1ccc(OC)c(N(CC(=O)NCCCN(C)C)S(C)(=O)=O)c1. The van der Waals surface area contributed by atoms with E-state index < -0.39 is 10.0 Å². The molecule has 1 aromatic carbocycles. The Morgan fingerprint density at radius 3 is 2.40 bits per heavy atom. The number of nitrogens with zero attached hydrogens (tertiary/aromatic N) is 2. The van der Waals surface area contributed by atoms with Crippen LogP contribution >= 0.6 is 0 Å². The van der Waals surface area contributed by atoms with Crippen molar-refractivity contribution in [1.29, 1.82) is 0 Å². The van der Waals surface area contributed by atoms with Crippen molar-refractivity contribution in [3.63, 3.8) is 0 Å². The van der Waals surface area contributed by atoms with E-state index in [0.717, 1.165) is 23.5 Å². The fourth-order valence-corrected chi connectivity index (χ4v) is 3.03. The lowest BCUT2D eigenvalue weighted by Crippen LogP contribution is -2.41. The van der Waals surface area contributed by atoms with Crippen molar-refractivity contribution in [3.05, 3.63) is 18.2 Å². The quantitative estimate of drug-likeness (QED) is 0.602. The third kappa shape index (κ3) is 6.79. The van der Waals surface area contributed by atoms with E-state index in [1.54, 1.807) is 12.1 Å². The summed E-state index contributed by atoms with van der Waals surface area (Å²) < 4.78 is 35.8. The largest absolute Gasteiger partial charge is 0.497 e. The summed E-state index contributed by atoms with van der Waals surface area (Å²) in [6.45, 7) is 0.980. The first-order chi connectivity index (χ1) is 11.7. The predicted molar refractivity (Wildman–Crippen MR) is 97.9 cm³/mol. The lowest BCUT2D eigenvalue weighted by molar-refractivity contribution is -0.119. The van der Waals surface area contributed by atoms with Gasteiger partial charge in [-0.2, -0.15) is 0 Å². The second-order valence-electron chi connectivity index (χ2n) is 5.81.